The lowest BCUT2D eigenvalue weighted by Gasteiger charge is -2.29. The van der Waals surface area contributed by atoms with Crippen LogP contribution in [-0.2, 0) is 9.53 Å². The normalized spacial score (nSPS) is 19.1. The summed E-state index contributed by atoms with van der Waals surface area (Å²) >= 11 is 5.90. The Balaban J connectivity index is 1.85. The number of halogens is 1. The first kappa shape index (κ1) is 20.8. The van der Waals surface area contributed by atoms with Crippen molar-refractivity contribution in [3.63, 3.8) is 0 Å². The number of hydrogen-bond acceptors (Lipinski definition) is 6. The summed E-state index contributed by atoms with van der Waals surface area (Å²) in [5, 5.41) is 5.11. The van der Waals surface area contributed by atoms with E-state index >= 15 is 0 Å². The molecule has 27 heavy (non-hydrogen) atoms. The van der Waals surface area contributed by atoms with E-state index in [0.29, 0.717) is 5.92 Å². The molecule has 148 valence electrons. The van der Waals surface area contributed by atoms with Crippen LogP contribution in [0.3, 0.4) is 0 Å². The second-order valence-electron chi connectivity index (χ2n) is 6.54. The summed E-state index contributed by atoms with van der Waals surface area (Å²) in [5.41, 5.74) is 5.94. The highest BCUT2D eigenvalue weighted by atomic mass is 35.5. The number of rotatable bonds is 5. The van der Waals surface area contributed by atoms with Gasteiger partial charge in [0.2, 0.25) is 0 Å². The summed E-state index contributed by atoms with van der Waals surface area (Å²) in [6.45, 7) is 1.45. The molecular weight excluding hydrogens is 374 g/mol. The molecule has 4 N–H and O–H groups in total. The van der Waals surface area contributed by atoms with Crippen molar-refractivity contribution in [3.05, 3.63) is 22.7 Å². The Bertz CT molecular complexity index is 725. The molecule has 1 aromatic rings. The molecule has 1 aliphatic carbocycles. The summed E-state index contributed by atoms with van der Waals surface area (Å²) in [4.78, 5) is 35.9. The minimum Gasteiger partial charge on any atom is -0.496 e. The summed E-state index contributed by atoms with van der Waals surface area (Å²) in [6, 6.07) is 2.13. The first-order valence-electron chi connectivity index (χ1n) is 8.72. The Hall–Kier alpha value is -2.48. The molecule has 2 rings (SSSR count). The molecule has 0 radical (unpaired) electrons. The number of carbonyl (C=O) groups is 3. The van der Waals surface area contributed by atoms with Gasteiger partial charge in [-0.1, -0.05) is 31.4 Å². The fourth-order valence-corrected chi connectivity index (χ4v) is 3.17. The third kappa shape index (κ3) is 5.75. The fourth-order valence-electron chi connectivity index (χ4n) is 3.00. The molecule has 9 heteroatoms. The van der Waals surface area contributed by atoms with Crippen LogP contribution in [0.25, 0.3) is 0 Å². The first-order chi connectivity index (χ1) is 12.8. The fraction of sp³-hybridized carbons (Fsp3) is 0.500. The molecule has 0 aromatic heterocycles. The Kier molecular flexibility index (Phi) is 7.29. The third-order valence-electron chi connectivity index (χ3n) is 4.55. The summed E-state index contributed by atoms with van der Waals surface area (Å²) in [5.74, 6) is -1.01. The van der Waals surface area contributed by atoms with E-state index in [0.717, 1.165) is 25.7 Å². The average Bonchev–Trinajstić information content (AvgIpc) is 2.63. The number of esters is 1. The van der Waals surface area contributed by atoms with E-state index in [-0.39, 0.29) is 28.1 Å². The standard InChI is InChI=1S/C18H24ClN3O5/c1-10-5-3-4-6-14(10)21-18(25)22-16(23)9-27-17(24)11-7-12(19)13(20)8-15(11)26-2/h7-8,10,14H,3-6,9,20H2,1-2H3,(H2,21,22,23,25)/t10-,14-/m1/s1. The number of urea groups is 1. The minimum absolute atomic E-state index is 0.0324. The molecule has 1 aromatic carbocycles. The second-order valence-corrected chi connectivity index (χ2v) is 6.95. The van der Waals surface area contributed by atoms with Crippen LogP contribution in [0.15, 0.2) is 12.1 Å². The van der Waals surface area contributed by atoms with Crippen LogP contribution < -0.4 is 21.1 Å². The Morgan fingerprint density at radius 3 is 2.63 bits per heavy atom. The highest BCUT2D eigenvalue weighted by Crippen LogP contribution is 2.29. The maximum atomic E-state index is 12.2. The number of benzene rings is 1. The van der Waals surface area contributed by atoms with Crippen molar-refractivity contribution < 1.29 is 23.9 Å². The second kappa shape index (κ2) is 9.45. The number of ether oxygens (including phenoxy) is 2. The van der Waals surface area contributed by atoms with Gasteiger partial charge in [-0.3, -0.25) is 10.1 Å². The van der Waals surface area contributed by atoms with Gasteiger partial charge in [0.1, 0.15) is 11.3 Å². The molecule has 0 heterocycles. The lowest BCUT2D eigenvalue weighted by Crippen LogP contribution is -2.48. The maximum absolute atomic E-state index is 12.2. The third-order valence-corrected chi connectivity index (χ3v) is 4.88. The lowest BCUT2D eigenvalue weighted by atomic mass is 9.86. The number of carbonyl (C=O) groups excluding carboxylic acids is 3. The number of amides is 3. The van der Waals surface area contributed by atoms with Crippen molar-refractivity contribution in [3.8, 4) is 5.75 Å². The van der Waals surface area contributed by atoms with Crippen LogP contribution in [0.1, 0.15) is 43.0 Å². The van der Waals surface area contributed by atoms with Crippen LogP contribution in [0.5, 0.6) is 5.75 Å². The number of methoxy groups -OCH3 is 1. The zero-order valence-corrected chi connectivity index (χ0v) is 16.1. The minimum atomic E-state index is -0.815. The van der Waals surface area contributed by atoms with E-state index in [9.17, 15) is 14.4 Å². The summed E-state index contributed by atoms with van der Waals surface area (Å²) in [7, 11) is 1.36. The number of nitrogens with two attached hydrogens (primary N) is 1. The van der Waals surface area contributed by atoms with Gasteiger partial charge in [-0.05, 0) is 24.8 Å². The smallest absolute Gasteiger partial charge is 0.342 e. The number of hydrogen-bond donors (Lipinski definition) is 3. The van der Waals surface area contributed by atoms with Crippen molar-refractivity contribution in [1.29, 1.82) is 0 Å². The van der Waals surface area contributed by atoms with Crippen LogP contribution in [-0.4, -0.2) is 37.7 Å². The highest BCUT2D eigenvalue weighted by Gasteiger charge is 2.24. The van der Waals surface area contributed by atoms with Gasteiger partial charge in [0.15, 0.2) is 6.61 Å². The molecule has 1 aliphatic rings. The molecule has 8 nitrogen and oxygen atoms in total. The summed E-state index contributed by atoms with van der Waals surface area (Å²) in [6.07, 6.45) is 4.12. The number of imide groups is 1. The predicted molar refractivity (Wildman–Crippen MR) is 101 cm³/mol. The number of nitrogen functional groups attached to an aromatic ring is 1. The Morgan fingerprint density at radius 1 is 1.26 bits per heavy atom. The van der Waals surface area contributed by atoms with Crippen molar-refractivity contribution in [2.75, 3.05) is 19.5 Å². The molecule has 0 saturated heterocycles. The monoisotopic (exact) mass is 397 g/mol. The van der Waals surface area contributed by atoms with Gasteiger partial charge in [-0.25, -0.2) is 9.59 Å². The molecule has 3 amide bonds. The summed E-state index contributed by atoms with van der Waals surface area (Å²) < 4.78 is 9.99. The molecule has 0 aliphatic heterocycles. The lowest BCUT2D eigenvalue weighted by molar-refractivity contribution is -0.123. The van der Waals surface area contributed by atoms with E-state index in [1.54, 1.807) is 0 Å². The van der Waals surface area contributed by atoms with Gasteiger partial charge in [0.05, 0.1) is 17.8 Å². The maximum Gasteiger partial charge on any atom is 0.342 e. The molecule has 1 saturated carbocycles. The number of anilines is 1. The van der Waals surface area contributed by atoms with E-state index in [4.69, 9.17) is 26.8 Å². The molecule has 0 unspecified atom stereocenters. The topological polar surface area (TPSA) is 120 Å². The molecular formula is C18H24ClN3O5. The quantitative estimate of drug-likeness (QED) is 0.518. The Morgan fingerprint density at radius 2 is 1.96 bits per heavy atom. The zero-order chi connectivity index (χ0) is 20.0. The molecule has 2 atom stereocenters. The van der Waals surface area contributed by atoms with E-state index < -0.39 is 24.5 Å². The molecule has 0 bridgehead atoms. The van der Waals surface area contributed by atoms with Gasteiger partial charge < -0.3 is 20.5 Å². The van der Waals surface area contributed by atoms with Crippen LogP contribution >= 0.6 is 11.6 Å². The van der Waals surface area contributed by atoms with E-state index in [1.807, 2.05) is 0 Å². The number of nitrogens with one attached hydrogen (secondary N) is 2. The van der Waals surface area contributed by atoms with Gasteiger partial charge >= 0.3 is 12.0 Å². The van der Waals surface area contributed by atoms with Crippen LogP contribution in [0, 0.1) is 5.92 Å². The largest absolute Gasteiger partial charge is 0.496 e. The van der Waals surface area contributed by atoms with Crippen LogP contribution in [0.2, 0.25) is 5.02 Å². The van der Waals surface area contributed by atoms with E-state index in [2.05, 4.69) is 17.6 Å². The van der Waals surface area contributed by atoms with Crippen molar-refractivity contribution in [2.24, 2.45) is 5.92 Å². The average molecular weight is 398 g/mol. The van der Waals surface area contributed by atoms with Gasteiger partial charge in [0, 0.05) is 12.1 Å². The Labute approximate surface area is 162 Å². The van der Waals surface area contributed by atoms with Gasteiger partial charge in [-0.2, -0.15) is 0 Å². The van der Waals surface area contributed by atoms with Gasteiger partial charge in [-0.15, -0.1) is 0 Å². The first-order valence-corrected chi connectivity index (χ1v) is 9.10. The van der Waals surface area contributed by atoms with Crippen molar-refractivity contribution >= 4 is 35.2 Å². The predicted octanol–water partition coefficient (Wildman–Crippen LogP) is 2.49. The van der Waals surface area contributed by atoms with Crippen LogP contribution in [0.4, 0.5) is 10.5 Å². The van der Waals surface area contributed by atoms with Crippen molar-refractivity contribution in [2.45, 2.75) is 38.6 Å². The van der Waals surface area contributed by atoms with Crippen molar-refractivity contribution in [1.82, 2.24) is 10.6 Å². The van der Waals surface area contributed by atoms with Gasteiger partial charge in [0.25, 0.3) is 5.91 Å². The zero-order valence-electron chi connectivity index (χ0n) is 15.3. The molecule has 1 fully saturated rings. The highest BCUT2D eigenvalue weighted by molar-refractivity contribution is 6.33. The molecule has 0 spiro atoms. The SMILES string of the molecule is COc1cc(N)c(Cl)cc1C(=O)OCC(=O)NC(=O)N[C@@H]1CCCC[C@H]1C. The van der Waals surface area contributed by atoms with E-state index in [1.165, 1.54) is 19.2 Å².